The number of nitrogens with one attached hydrogen (secondary N) is 1. The smallest absolute Gasteiger partial charge is 0.141 e. The molecule has 94 valence electrons. The number of anilines is 1. The SMILES string of the molecule is N#Cc1ccc(Oc2ccc3c(c2)CCN3)c(Br)c1. The molecular formula is C15H11BrN2O. The van der Waals surface area contributed by atoms with Crippen molar-refractivity contribution in [1.82, 2.24) is 0 Å². The van der Waals surface area contributed by atoms with Crippen LogP contribution in [0.25, 0.3) is 0 Å². The van der Waals surface area contributed by atoms with E-state index in [-0.39, 0.29) is 0 Å². The van der Waals surface area contributed by atoms with Gasteiger partial charge in [-0.05, 0) is 64.3 Å². The second-order valence-corrected chi connectivity index (χ2v) is 5.21. The highest BCUT2D eigenvalue weighted by molar-refractivity contribution is 9.10. The first kappa shape index (κ1) is 12.1. The zero-order valence-electron chi connectivity index (χ0n) is 10.1. The molecule has 2 aromatic rings. The van der Waals surface area contributed by atoms with E-state index in [1.807, 2.05) is 12.1 Å². The van der Waals surface area contributed by atoms with E-state index in [2.05, 4.69) is 33.4 Å². The Morgan fingerprint density at radius 1 is 1.21 bits per heavy atom. The van der Waals surface area contributed by atoms with Crippen molar-refractivity contribution < 1.29 is 4.74 Å². The van der Waals surface area contributed by atoms with E-state index >= 15 is 0 Å². The summed E-state index contributed by atoms with van der Waals surface area (Å²) < 4.78 is 6.63. The van der Waals surface area contributed by atoms with Gasteiger partial charge in [-0.1, -0.05) is 0 Å². The molecule has 3 nitrogen and oxygen atoms in total. The monoisotopic (exact) mass is 314 g/mol. The minimum atomic E-state index is 0.609. The van der Waals surface area contributed by atoms with Gasteiger partial charge >= 0.3 is 0 Å². The Balaban J connectivity index is 1.87. The molecule has 0 aliphatic carbocycles. The third-order valence-corrected chi connectivity index (χ3v) is 3.69. The fourth-order valence-corrected chi connectivity index (χ4v) is 2.58. The quantitative estimate of drug-likeness (QED) is 0.908. The van der Waals surface area contributed by atoms with E-state index in [1.165, 1.54) is 11.3 Å². The third-order valence-electron chi connectivity index (χ3n) is 3.08. The summed E-state index contributed by atoms with van der Waals surface area (Å²) in [6.07, 6.45) is 1.03. The Labute approximate surface area is 120 Å². The molecule has 2 aromatic carbocycles. The molecular weight excluding hydrogens is 304 g/mol. The highest BCUT2D eigenvalue weighted by atomic mass is 79.9. The molecule has 0 atom stereocenters. The van der Waals surface area contributed by atoms with Crippen LogP contribution in [0.5, 0.6) is 11.5 Å². The van der Waals surface area contributed by atoms with Gasteiger partial charge < -0.3 is 10.1 Å². The lowest BCUT2D eigenvalue weighted by atomic mass is 10.1. The first-order chi connectivity index (χ1) is 9.26. The van der Waals surface area contributed by atoms with Gasteiger partial charge in [0.2, 0.25) is 0 Å². The maximum atomic E-state index is 8.83. The van der Waals surface area contributed by atoms with Crippen LogP contribution in [0.2, 0.25) is 0 Å². The van der Waals surface area contributed by atoms with E-state index in [0.29, 0.717) is 11.3 Å². The second kappa shape index (κ2) is 4.94. The van der Waals surface area contributed by atoms with Crippen molar-refractivity contribution >= 4 is 21.6 Å². The molecule has 0 unspecified atom stereocenters. The predicted molar refractivity (Wildman–Crippen MR) is 77.6 cm³/mol. The van der Waals surface area contributed by atoms with Crippen LogP contribution in [0, 0.1) is 11.3 Å². The van der Waals surface area contributed by atoms with Gasteiger partial charge in [-0.25, -0.2) is 0 Å². The first-order valence-electron chi connectivity index (χ1n) is 6.00. The Kier molecular flexibility index (Phi) is 3.14. The fourth-order valence-electron chi connectivity index (χ4n) is 2.12. The number of rotatable bonds is 2. The van der Waals surface area contributed by atoms with Crippen LogP contribution in [-0.4, -0.2) is 6.54 Å². The average Bonchev–Trinajstić information content (AvgIpc) is 2.88. The Morgan fingerprint density at radius 3 is 2.89 bits per heavy atom. The van der Waals surface area contributed by atoms with E-state index in [0.717, 1.165) is 23.2 Å². The third kappa shape index (κ3) is 2.42. The van der Waals surface area contributed by atoms with Gasteiger partial charge in [-0.2, -0.15) is 5.26 Å². The van der Waals surface area contributed by atoms with Gasteiger partial charge in [0.05, 0.1) is 16.1 Å². The number of benzene rings is 2. The average molecular weight is 315 g/mol. The summed E-state index contributed by atoms with van der Waals surface area (Å²) >= 11 is 3.42. The maximum absolute atomic E-state index is 8.83. The minimum absolute atomic E-state index is 0.609. The molecule has 0 saturated heterocycles. The molecule has 0 spiro atoms. The summed E-state index contributed by atoms with van der Waals surface area (Å²) in [6, 6.07) is 13.4. The summed E-state index contributed by atoms with van der Waals surface area (Å²) in [7, 11) is 0. The summed E-state index contributed by atoms with van der Waals surface area (Å²) in [5.41, 5.74) is 3.07. The Bertz CT molecular complexity index is 676. The van der Waals surface area contributed by atoms with Crippen molar-refractivity contribution in [3.63, 3.8) is 0 Å². The number of halogens is 1. The number of nitrogens with zero attached hydrogens (tertiary/aromatic N) is 1. The second-order valence-electron chi connectivity index (χ2n) is 4.35. The number of fused-ring (bicyclic) bond motifs is 1. The zero-order valence-corrected chi connectivity index (χ0v) is 11.7. The van der Waals surface area contributed by atoms with Gasteiger partial charge in [-0.3, -0.25) is 0 Å². The largest absolute Gasteiger partial charge is 0.456 e. The topological polar surface area (TPSA) is 45.0 Å². The molecule has 1 N–H and O–H groups in total. The highest BCUT2D eigenvalue weighted by Gasteiger charge is 2.11. The van der Waals surface area contributed by atoms with Crippen molar-refractivity contribution in [1.29, 1.82) is 5.26 Å². The van der Waals surface area contributed by atoms with Crippen LogP contribution in [-0.2, 0) is 6.42 Å². The van der Waals surface area contributed by atoms with Crippen LogP contribution in [0.3, 0.4) is 0 Å². The molecule has 0 saturated carbocycles. The zero-order chi connectivity index (χ0) is 13.2. The lowest BCUT2D eigenvalue weighted by Gasteiger charge is -2.09. The van der Waals surface area contributed by atoms with Crippen LogP contribution in [0.1, 0.15) is 11.1 Å². The molecule has 0 aromatic heterocycles. The van der Waals surface area contributed by atoms with Gasteiger partial charge in [0.25, 0.3) is 0 Å². The number of nitriles is 1. The molecule has 4 heteroatoms. The molecule has 1 aliphatic rings. The van der Waals surface area contributed by atoms with Crippen molar-refractivity contribution in [2.75, 3.05) is 11.9 Å². The van der Waals surface area contributed by atoms with Gasteiger partial charge in [0.15, 0.2) is 0 Å². The normalized spacial score (nSPS) is 12.4. The lowest BCUT2D eigenvalue weighted by molar-refractivity contribution is 0.479. The van der Waals surface area contributed by atoms with E-state index in [1.54, 1.807) is 18.2 Å². The van der Waals surface area contributed by atoms with Gasteiger partial charge in [0.1, 0.15) is 11.5 Å². The van der Waals surface area contributed by atoms with E-state index < -0.39 is 0 Å². The Morgan fingerprint density at radius 2 is 2.11 bits per heavy atom. The van der Waals surface area contributed by atoms with Crippen LogP contribution in [0.15, 0.2) is 40.9 Å². The molecule has 19 heavy (non-hydrogen) atoms. The molecule has 0 fully saturated rings. The predicted octanol–water partition coefficient (Wildman–Crippen LogP) is 4.08. The first-order valence-corrected chi connectivity index (χ1v) is 6.80. The molecule has 1 heterocycles. The fraction of sp³-hybridized carbons (Fsp3) is 0.133. The van der Waals surface area contributed by atoms with Gasteiger partial charge in [0, 0.05) is 12.2 Å². The molecule has 3 rings (SSSR count). The summed E-state index contributed by atoms with van der Waals surface area (Å²) in [4.78, 5) is 0. The number of hydrogen-bond donors (Lipinski definition) is 1. The van der Waals surface area contributed by atoms with Crippen molar-refractivity contribution in [3.8, 4) is 17.6 Å². The van der Waals surface area contributed by atoms with Crippen LogP contribution in [0.4, 0.5) is 5.69 Å². The van der Waals surface area contributed by atoms with Crippen molar-refractivity contribution in [3.05, 3.63) is 52.0 Å². The molecule has 0 bridgehead atoms. The van der Waals surface area contributed by atoms with Crippen molar-refractivity contribution in [2.45, 2.75) is 6.42 Å². The number of ether oxygens (including phenoxy) is 1. The highest BCUT2D eigenvalue weighted by Crippen LogP contribution is 2.33. The van der Waals surface area contributed by atoms with E-state index in [9.17, 15) is 0 Å². The summed E-state index contributed by atoms with van der Waals surface area (Å²) in [6.45, 7) is 0.985. The summed E-state index contributed by atoms with van der Waals surface area (Å²) in [5, 5.41) is 12.1. The summed E-state index contributed by atoms with van der Waals surface area (Å²) in [5.74, 6) is 1.53. The molecule has 0 amide bonds. The van der Waals surface area contributed by atoms with Crippen molar-refractivity contribution in [2.24, 2.45) is 0 Å². The van der Waals surface area contributed by atoms with Gasteiger partial charge in [-0.15, -0.1) is 0 Å². The van der Waals surface area contributed by atoms with E-state index in [4.69, 9.17) is 10.00 Å². The van der Waals surface area contributed by atoms with Crippen LogP contribution >= 0.6 is 15.9 Å². The molecule has 0 radical (unpaired) electrons. The standard InChI is InChI=1S/C15H11BrN2O/c16-13-7-10(9-17)1-4-15(13)19-12-2-3-14-11(8-12)5-6-18-14/h1-4,7-8,18H,5-6H2. The maximum Gasteiger partial charge on any atom is 0.141 e. The van der Waals surface area contributed by atoms with Crippen LogP contribution < -0.4 is 10.1 Å². The lowest BCUT2D eigenvalue weighted by Crippen LogP contribution is -1.90. The number of hydrogen-bond acceptors (Lipinski definition) is 3. The molecule has 1 aliphatic heterocycles. The Hall–Kier alpha value is -1.99. The minimum Gasteiger partial charge on any atom is -0.456 e.